The summed E-state index contributed by atoms with van der Waals surface area (Å²) >= 11 is 0. The molecule has 0 spiro atoms. The van der Waals surface area contributed by atoms with Crippen LogP contribution in [0.3, 0.4) is 0 Å². The Hall–Kier alpha value is -1.60. The van der Waals surface area contributed by atoms with Crippen LogP contribution in [0, 0.1) is 24.2 Å². The van der Waals surface area contributed by atoms with Gasteiger partial charge >= 0.3 is 0 Å². The minimum absolute atomic E-state index is 0.228. The molecule has 1 aromatic heterocycles. The third-order valence-corrected chi connectivity index (χ3v) is 3.92. The van der Waals surface area contributed by atoms with Crippen molar-refractivity contribution in [2.75, 3.05) is 18.0 Å². The third kappa shape index (κ3) is 2.57. The molecule has 1 saturated heterocycles. The van der Waals surface area contributed by atoms with Crippen LogP contribution in [0.1, 0.15) is 31.0 Å². The van der Waals surface area contributed by atoms with Gasteiger partial charge in [-0.1, -0.05) is 6.07 Å². The Bertz CT molecular complexity index is 519. The van der Waals surface area contributed by atoms with Gasteiger partial charge < -0.3 is 9.64 Å². The van der Waals surface area contributed by atoms with E-state index < -0.39 is 0 Å². The summed E-state index contributed by atoms with van der Waals surface area (Å²) in [5.41, 5.74) is 1.62. The molecule has 0 aromatic carbocycles. The highest BCUT2D eigenvalue weighted by molar-refractivity contribution is 5.49. The molecule has 0 N–H and O–H groups in total. The molecule has 19 heavy (non-hydrogen) atoms. The number of pyridine rings is 1. The summed E-state index contributed by atoms with van der Waals surface area (Å²) in [6, 6.07) is 5.88. The molecule has 1 saturated carbocycles. The fourth-order valence-corrected chi connectivity index (χ4v) is 2.79. The van der Waals surface area contributed by atoms with E-state index in [1.165, 1.54) is 12.8 Å². The van der Waals surface area contributed by atoms with Crippen LogP contribution >= 0.6 is 0 Å². The second-order valence-corrected chi connectivity index (χ2v) is 5.68. The Morgan fingerprint density at radius 1 is 1.37 bits per heavy atom. The zero-order chi connectivity index (χ0) is 13.4. The van der Waals surface area contributed by atoms with E-state index in [4.69, 9.17) is 10.00 Å². The Morgan fingerprint density at radius 3 is 2.84 bits per heavy atom. The van der Waals surface area contributed by atoms with Crippen LogP contribution in [0.25, 0.3) is 0 Å². The van der Waals surface area contributed by atoms with E-state index >= 15 is 0 Å². The molecule has 0 amide bonds. The van der Waals surface area contributed by atoms with Gasteiger partial charge in [0.15, 0.2) is 0 Å². The summed E-state index contributed by atoms with van der Waals surface area (Å²) < 4.78 is 6.02. The Kier molecular flexibility index (Phi) is 3.16. The summed E-state index contributed by atoms with van der Waals surface area (Å²) in [7, 11) is 0. The second kappa shape index (κ2) is 4.82. The SMILES string of the molecule is Cc1ccc(C#N)nc1N1C[C@@H](C)O[C@H](C2CC2)C1. The molecule has 2 atom stereocenters. The maximum atomic E-state index is 9.00. The quantitative estimate of drug-likeness (QED) is 0.815. The summed E-state index contributed by atoms with van der Waals surface area (Å²) in [4.78, 5) is 6.76. The van der Waals surface area contributed by atoms with Gasteiger partial charge in [0.1, 0.15) is 17.6 Å². The van der Waals surface area contributed by atoms with Crippen molar-refractivity contribution < 1.29 is 4.74 Å². The first kappa shape index (κ1) is 12.4. The van der Waals surface area contributed by atoms with Gasteiger partial charge in [-0.05, 0) is 44.2 Å². The van der Waals surface area contributed by atoms with Crippen LogP contribution in [0.5, 0.6) is 0 Å². The van der Waals surface area contributed by atoms with E-state index in [9.17, 15) is 0 Å². The van der Waals surface area contributed by atoms with Crippen molar-refractivity contribution in [1.29, 1.82) is 5.26 Å². The van der Waals surface area contributed by atoms with Crippen LogP contribution in [-0.2, 0) is 4.74 Å². The molecule has 2 heterocycles. The van der Waals surface area contributed by atoms with Crippen molar-refractivity contribution in [3.05, 3.63) is 23.4 Å². The van der Waals surface area contributed by atoms with Gasteiger partial charge in [0, 0.05) is 13.1 Å². The van der Waals surface area contributed by atoms with Crippen molar-refractivity contribution in [2.24, 2.45) is 5.92 Å². The smallest absolute Gasteiger partial charge is 0.142 e. The van der Waals surface area contributed by atoms with Gasteiger partial charge in [0.05, 0.1) is 12.2 Å². The normalized spacial score (nSPS) is 27.1. The zero-order valence-corrected chi connectivity index (χ0v) is 11.5. The molecule has 100 valence electrons. The molecule has 0 unspecified atom stereocenters. The van der Waals surface area contributed by atoms with Gasteiger partial charge in [-0.25, -0.2) is 4.98 Å². The van der Waals surface area contributed by atoms with Gasteiger partial charge in [-0.2, -0.15) is 5.26 Å². The molecule has 2 fully saturated rings. The monoisotopic (exact) mass is 257 g/mol. The van der Waals surface area contributed by atoms with Crippen LogP contribution in [-0.4, -0.2) is 30.3 Å². The average Bonchev–Trinajstić information content (AvgIpc) is 3.23. The first-order valence-corrected chi connectivity index (χ1v) is 6.95. The summed E-state index contributed by atoms with van der Waals surface area (Å²) in [5, 5.41) is 9.00. The maximum Gasteiger partial charge on any atom is 0.142 e. The van der Waals surface area contributed by atoms with E-state index in [0.717, 1.165) is 30.4 Å². The molecule has 1 aliphatic carbocycles. The van der Waals surface area contributed by atoms with Gasteiger partial charge in [-0.15, -0.1) is 0 Å². The predicted octanol–water partition coefficient (Wildman–Crippen LogP) is 2.27. The first-order valence-electron chi connectivity index (χ1n) is 6.95. The van der Waals surface area contributed by atoms with E-state index in [1.807, 2.05) is 6.07 Å². The number of morpholine rings is 1. The fourth-order valence-electron chi connectivity index (χ4n) is 2.79. The van der Waals surface area contributed by atoms with E-state index in [1.54, 1.807) is 6.07 Å². The maximum absolute atomic E-state index is 9.00. The highest BCUT2D eigenvalue weighted by atomic mass is 16.5. The Labute approximate surface area is 114 Å². The van der Waals surface area contributed by atoms with Crippen molar-refractivity contribution in [2.45, 2.75) is 38.9 Å². The van der Waals surface area contributed by atoms with Gasteiger partial charge in [0.25, 0.3) is 0 Å². The number of nitrogens with zero attached hydrogens (tertiary/aromatic N) is 3. The van der Waals surface area contributed by atoms with E-state index in [2.05, 4.69) is 29.8 Å². The summed E-state index contributed by atoms with van der Waals surface area (Å²) in [6.07, 6.45) is 3.13. The minimum atomic E-state index is 0.228. The highest BCUT2D eigenvalue weighted by Crippen LogP contribution is 2.37. The van der Waals surface area contributed by atoms with Gasteiger partial charge in [0.2, 0.25) is 0 Å². The zero-order valence-electron chi connectivity index (χ0n) is 11.5. The molecule has 0 radical (unpaired) electrons. The fraction of sp³-hybridized carbons (Fsp3) is 0.600. The number of aryl methyl sites for hydroxylation is 1. The summed E-state index contributed by atoms with van der Waals surface area (Å²) in [5.74, 6) is 1.67. The second-order valence-electron chi connectivity index (χ2n) is 5.68. The number of ether oxygens (including phenoxy) is 1. The lowest BCUT2D eigenvalue weighted by atomic mass is 10.1. The van der Waals surface area contributed by atoms with Crippen LogP contribution in [0.2, 0.25) is 0 Å². The molecule has 4 nitrogen and oxygen atoms in total. The summed E-state index contributed by atoms with van der Waals surface area (Å²) in [6.45, 7) is 5.92. The molecule has 4 heteroatoms. The molecular weight excluding hydrogens is 238 g/mol. The molecule has 1 aliphatic heterocycles. The van der Waals surface area contributed by atoms with Crippen LogP contribution in [0.4, 0.5) is 5.82 Å². The Morgan fingerprint density at radius 2 is 2.16 bits per heavy atom. The largest absolute Gasteiger partial charge is 0.371 e. The topological polar surface area (TPSA) is 49.2 Å². The minimum Gasteiger partial charge on any atom is -0.371 e. The number of aromatic nitrogens is 1. The lowest BCUT2D eigenvalue weighted by Gasteiger charge is -2.38. The van der Waals surface area contributed by atoms with Crippen molar-refractivity contribution in [1.82, 2.24) is 4.98 Å². The molecular formula is C15H19N3O. The molecule has 1 aromatic rings. The first-order chi connectivity index (χ1) is 9.17. The third-order valence-electron chi connectivity index (χ3n) is 3.92. The number of hydrogen-bond donors (Lipinski definition) is 0. The molecule has 3 rings (SSSR count). The number of nitriles is 1. The molecule has 0 bridgehead atoms. The lowest BCUT2D eigenvalue weighted by molar-refractivity contribution is -0.0274. The standard InChI is InChI=1S/C15H19N3O/c1-10-3-6-13(7-16)17-15(10)18-8-11(2)19-14(9-18)12-4-5-12/h3,6,11-12,14H,4-5,8-9H2,1-2H3/t11-,14+/m1/s1. The van der Waals surface area contributed by atoms with E-state index in [-0.39, 0.29) is 6.10 Å². The van der Waals surface area contributed by atoms with E-state index in [0.29, 0.717) is 11.8 Å². The van der Waals surface area contributed by atoms with Crippen molar-refractivity contribution in [3.8, 4) is 6.07 Å². The van der Waals surface area contributed by atoms with Crippen LogP contribution in [0.15, 0.2) is 12.1 Å². The van der Waals surface area contributed by atoms with Gasteiger partial charge in [-0.3, -0.25) is 0 Å². The van der Waals surface area contributed by atoms with Crippen molar-refractivity contribution in [3.63, 3.8) is 0 Å². The Balaban J connectivity index is 1.85. The number of rotatable bonds is 2. The number of anilines is 1. The molecule has 2 aliphatic rings. The highest BCUT2D eigenvalue weighted by Gasteiger charge is 2.37. The average molecular weight is 257 g/mol. The lowest BCUT2D eigenvalue weighted by Crippen LogP contribution is -2.48. The van der Waals surface area contributed by atoms with Crippen molar-refractivity contribution >= 4 is 5.82 Å². The predicted molar refractivity (Wildman–Crippen MR) is 73.0 cm³/mol. The van der Waals surface area contributed by atoms with Crippen LogP contribution < -0.4 is 4.90 Å². The number of hydrogen-bond acceptors (Lipinski definition) is 4.